The summed E-state index contributed by atoms with van der Waals surface area (Å²) in [6.45, 7) is 11.3. The van der Waals surface area contributed by atoms with Crippen molar-refractivity contribution in [1.29, 1.82) is 0 Å². The Kier molecular flexibility index (Phi) is 7.32. The van der Waals surface area contributed by atoms with Crippen LogP contribution in [0, 0.1) is 17.5 Å². The maximum absolute atomic E-state index is 13.7. The first-order valence-electron chi connectivity index (χ1n) is 11.9. The molecular formula is C28H35FN2OS. The second kappa shape index (κ2) is 10.0. The Morgan fingerprint density at radius 2 is 1.94 bits per heavy atom. The SMILES string of the molecule is CCOC(c1ccccc1)C1(CCc2ccc(F)s2)CCN(C(C)(C)c2ccc(C)nc2)C1. The summed E-state index contributed by atoms with van der Waals surface area (Å²) < 4.78 is 20.2. The Morgan fingerprint density at radius 1 is 1.15 bits per heavy atom. The van der Waals surface area contributed by atoms with E-state index >= 15 is 0 Å². The van der Waals surface area contributed by atoms with Gasteiger partial charge >= 0.3 is 0 Å². The molecule has 3 nitrogen and oxygen atoms in total. The van der Waals surface area contributed by atoms with E-state index in [1.165, 1.54) is 22.5 Å². The Bertz CT molecular complexity index is 1030. The van der Waals surface area contributed by atoms with E-state index in [2.05, 4.69) is 73.1 Å². The largest absolute Gasteiger partial charge is 0.373 e. The van der Waals surface area contributed by atoms with Gasteiger partial charge in [0.25, 0.3) is 0 Å². The molecule has 2 aromatic heterocycles. The highest BCUT2D eigenvalue weighted by molar-refractivity contribution is 7.10. The summed E-state index contributed by atoms with van der Waals surface area (Å²) in [4.78, 5) is 8.25. The first kappa shape index (κ1) is 24.1. The standard InChI is InChI=1S/C28H35FN2OS/c1-5-32-26(22-9-7-6-8-10-22)28(16-15-24-13-14-25(29)33-24)17-18-31(20-28)27(3,4)23-12-11-21(2)30-19-23/h6-14,19,26H,5,15-18,20H2,1-4H3. The number of hydrogen-bond donors (Lipinski definition) is 0. The van der Waals surface area contributed by atoms with Crippen LogP contribution < -0.4 is 0 Å². The second-order valence-electron chi connectivity index (χ2n) is 9.73. The van der Waals surface area contributed by atoms with Crippen LogP contribution in [0.2, 0.25) is 0 Å². The van der Waals surface area contributed by atoms with Gasteiger partial charge in [0.15, 0.2) is 5.13 Å². The zero-order valence-corrected chi connectivity index (χ0v) is 21.0. The molecule has 0 N–H and O–H groups in total. The van der Waals surface area contributed by atoms with Crippen LogP contribution in [0.5, 0.6) is 0 Å². The zero-order chi connectivity index (χ0) is 23.5. The fraction of sp³-hybridized carbons (Fsp3) is 0.464. The monoisotopic (exact) mass is 466 g/mol. The summed E-state index contributed by atoms with van der Waals surface area (Å²) in [6, 6.07) is 18.4. The Morgan fingerprint density at radius 3 is 2.58 bits per heavy atom. The summed E-state index contributed by atoms with van der Waals surface area (Å²) in [5.74, 6) is 0. The molecule has 176 valence electrons. The number of rotatable bonds is 9. The van der Waals surface area contributed by atoms with Gasteiger partial charge in [0.05, 0.1) is 6.10 Å². The van der Waals surface area contributed by atoms with Gasteiger partial charge in [-0.05, 0) is 82.8 Å². The van der Waals surface area contributed by atoms with Crippen molar-refractivity contribution >= 4 is 11.3 Å². The predicted molar refractivity (Wildman–Crippen MR) is 134 cm³/mol. The lowest BCUT2D eigenvalue weighted by atomic mass is 9.74. The van der Waals surface area contributed by atoms with Gasteiger partial charge in [-0.25, -0.2) is 0 Å². The molecule has 2 atom stereocenters. The van der Waals surface area contributed by atoms with Crippen LogP contribution in [0.1, 0.15) is 61.4 Å². The van der Waals surface area contributed by atoms with E-state index in [1.54, 1.807) is 6.07 Å². The number of pyridine rings is 1. The quantitative estimate of drug-likeness (QED) is 0.342. The first-order chi connectivity index (χ1) is 15.8. The number of thiophene rings is 1. The fourth-order valence-corrected chi connectivity index (χ4v) is 5.94. The minimum Gasteiger partial charge on any atom is -0.373 e. The summed E-state index contributed by atoms with van der Waals surface area (Å²) >= 11 is 1.27. The number of likely N-dealkylation sites (tertiary alicyclic amines) is 1. The Labute approximate surface area is 201 Å². The molecule has 3 aromatic rings. The first-order valence-corrected chi connectivity index (χ1v) is 12.7. The normalized spacial score (nSPS) is 20.3. The third kappa shape index (κ3) is 5.21. The average Bonchev–Trinajstić information content (AvgIpc) is 3.44. The second-order valence-corrected chi connectivity index (χ2v) is 10.9. The van der Waals surface area contributed by atoms with E-state index in [1.807, 2.05) is 19.2 Å². The van der Waals surface area contributed by atoms with Crippen molar-refractivity contribution in [3.8, 4) is 0 Å². The van der Waals surface area contributed by atoms with Gasteiger partial charge in [0, 0.05) is 40.9 Å². The van der Waals surface area contributed by atoms with Crippen LogP contribution in [0.4, 0.5) is 4.39 Å². The lowest BCUT2D eigenvalue weighted by Gasteiger charge is -2.41. The molecule has 0 aliphatic carbocycles. The van der Waals surface area contributed by atoms with Crippen molar-refractivity contribution < 1.29 is 9.13 Å². The maximum Gasteiger partial charge on any atom is 0.176 e. The molecule has 1 aliphatic heterocycles. The summed E-state index contributed by atoms with van der Waals surface area (Å²) in [5.41, 5.74) is 3.32. The summed E-state index contributed by atoms with van der Waals surface area (Å²) in [7, 11) is 0. The van der Waals surface area contributed by atoms with Gasteiger partial charge in [0.2, 0.25) is 0 Å². The summed E-state index contributed by atoms with van der Waals surface area (Å²) in [5, 5.41) is -0.107. The smallest absolute Gasteiger partial charge is 0.176 e. The molecule has 1 aromatic carbocycles. The van der Waals surface area contributed by atoms with Crippen molar-refractivity contribution in [2.45, 2.75) is 58.6 Å². The van der Waals surface area contributed by atoms with Crippen molar-refractivity contribution in [2.75, 3.05) is 19.7 Å². The number of nitrogens with zero attached hydrogens (tertiary/aromatic N) is 2. The van der Waals surface area contributed by atoms with E-state index in [0.717, 1.165) is 42.9 Å². The van der Waals surface area contributed by atoms with Gasteiger partial charge in [0.1, 0.15) is 0 Å². The molecule has 1 aliphatic rings. The van der Waals surface area contributed by atoms with E-state index in [9.17, 15) is 4.39 Å². The van der Waals surface area contributed by atoms with E-state index < -0.39 is 0 Å². The number of ether oxygens (including phenoxy) is 1. The topological polar surface area (TPSA) is 25.4 Å². The lowest BCUT2D eigenvalue weighted by Crippen LogP contribution is -2.43. The highest BCUT2D eigenvalue weighted by Crippen LogP contribution is 2.50. The molecule has 0 spiro atoms. The maximum atomic E-state index is 13.7. The number of halogens is 1. The van der Waals surface area contributed by atoms with Crippen LogP contribution in [-0.2, 0) is 16.7 Å². The van der Waals surface area contributed by atoms with E-state index in [4.69, 9.17) is 4.74 Å². The minimum atomic E-state index is -0.134. The van der Waals surface area contributed by atoms with E-state index in [-0.39, 0.29) is 22.2 Å². The zero-order valence-electron chi connectivity index (χ0n) is 20.2. The number of hydrogen-bond acceptors (Lipinski definition) is 4. The number of benzene rings is 1. The van der Waals surface area contributed by atoms with Crippen LogP contribution in [-0.4, -0.2) is 29.6 Å². The molecule has 1 fully saturated rings. The molecule has 0 amide bonds. The van der Waals surface area contributed by atoms with Gasteiger partial charge < -0.3 is 4.74 Å². The molecule has 0 radical (unpaired) electrons. The van der Waals surface area contributed by atoms with Gasteiger partial charge in [-0.1, -0.05) is 36.4 Å². The van der Waals surface area contributed by atoms with E-state index in [0.29, 0.717) is 6.61 Å². The van der Waals surface area contributed by atoms with Crippen LogP contribution in [0.15, 0.2) is 60.8 Å². The predicted octanol–water partition coefficient (Wildman–Crippen LogP) is 6.93. The summed E-state index contributed by atoms with van der Waals surface area (Å²) in [6.07, 6.45) is 4.89. The third-order valence-corrected chi connectivity index (χ3v) is 8.22. The van der Waals surface area contributed by atoms with Crippen LogP contribution in [0.3, 0.4) is 0 Å². The number of aryl methyl sites for hydroxylation is 2. The molecule has 33 heavy (non-hydrogen) atoms. The van der Waals surface area contributed by atoms with Crippen molar-refractivity contribution in [1.82, 2.24) is 9.88 Å². The molecule has 1 saturated heterocycles. The van der Waals surface area contributed by atoms with Crippen molar-refractivity contribution in [2.24, 2.45) is 5.41 Å². The molecule has 4 rings (SSSR count). The van der Waals surface area contributed by atoms with Crippen molar-refractivity contribution in [3.05, 3.63) is 87.6 Å². The van der Waals surface area contributed by atoms with Gasteiger partial charge in [-0.15, -0.1) is 11.3 Å². The third-order valence-electron chi connectivity index (χ3n) is 7.28. The van der Waals surface area contributed by atoms with Crippen LogP contribution in [0.25, 0.3) is 0 Å². The van der Waals surface area contributed by atoms with Gasteiger partial charge in [-0.2, -0.15) is 4.39 Å². The highest BCUT2D eigenvalue weighted by Gasteiger charge is 2.48. The lowest BCUT2D eigenvalue weighted by molar-refractivity contribution is -0.0435. The molecule has 2 unspecified atom stereocenters. The van der Waals surface area contributed by atoms with Gasteiger partial charge in [-0.3, -0.25) is 9.88 Å². The number of aromatic nitrogens is 1. The molecular weight excluding hydrogens is 431 g/mol. The molecule has 5 heteroatoms. The molecule has 0 bridgehead atoms. The van der Waals surface area contributed by atoms with Crippen LogP contribution >= 0.6 is 11.3 Å². The Hall–Kier alpha value is -2.08. The molecule has 3 heterocycles. The van der Waals surface area contributed by atoms with Crippen molar-refractivity contribution in [3.63, 3.8) is 0 Å². The average molecular weight is 467 g/mol. The fourth-order valence-electron chi connectivity index (χ4n) is 5.21. The highest BCUT2D eigenvalue weighted by atomic mass is 32.1. The minimum absolute atomic E-state index is 0.00505. The Balaban J connectivity index is 1.66. The molecule has 0 saturated carbocycles.